The highest BCUT2D eigenvalue weighted by Crippen LogP contribution is 2.29. The van der Waals surface area contributed by atoms with Gasteiger partial charge in [0.1, 0.15) is 5.52 Å². The summed E-state index contributed by atoms with van der Waals surface area (Å²) >= 11 is 1.01. The van der Waals surface area contributed by atoms with Gasteiger partial charge in [0.2, 0.25) is 11.8 Å². The maximum Gasteiger partial charge on any atom is 0.307 e. The number of benzene rings is 3. The van der Waals surface area contributed by atoms with E-state index < -0.39 is 0 Å². The molecule has 0 aliphatic heterocycles. The molecule has 27 heavy (non-hydrogen) atoms. The quantitative estimate of drug-likeness (QED) is 0.480. The molecule has 0 aliphatic rings. The van der Waals surface area contributed by atoms with Gasteiger partial charge in [-0.25, -0.2) is 4.98 Å². The lowest BCUT2D eigenvalue weighted by Gasteiger charge is -1.99. The molecule has 5 aromatic rings. The third-order valence-corrected chi connectivity index (χ3v) is 5.39. The van der Waals surface area contributed by atoms with E-state index in [4.69, 9.17) is 4.42 Å². The standard InChI is InChI=1S/C21H14N2O3S/c24-19-18(27-21(25)23-19)10-12-5-8-17-16(9-12)22-20(26-17)15-7-6-13-3-1-2-4-14(13)11-15/h1-9,11,24H,10H2,(H,23,25). The molecule has 0 saturated heterocycles. The summed E-state index contributed by atoms with van der Waals surface area (Å²) < 4.78 is 5.92. The number of aromatic amines is 1. The Balaban J connectivity index is 1.53. The van der Waals surface area contributed by atoms with Gasteiger partial charge in [-0.2, -0.15) is 0 Å². The summed E-state index contributed by atoms with van der Waals surface area (Å²) in [6.45, 7) is 0. The predicted molar refractivity (Wildman–Crippen MR) is 106 cm³/mol. The zero-order valence-corrected chi connectivity index (χ0v) is 14.9. The maximum atomic E-state index is 11.3. The van der Waals surface area contributed by atoms with Crippen molar-refractivity contribution in [3.8, 4) is 17.3 Å². The van der Waals surface area contributed by atoms with Crippen molar-refractivity contribution < 1.29 is 9.52 Å². The number of nitrogens with one attached hydrogen (secondary N) is 1. The number of aromatic nitrogens is 2. The van der Waals surface area contributed by atoms with Gasteiger partial charge in [0, 0.05) is 12.0 Å². The van der Waals surface area contributed by atoms with Crippen LogP contribution in [0.2, 0.25) is 0 Å². The van der Waals surface area contributed by atoms with Gasteiger partial charge in [0.05, 0.1) is 4.88 Å². The maximum absolute atomic E-state index is 11.3. The lowest BCUT2D eigenvalue weighted by molar-refractivity contribution is 0.451. The van der Waals surface area contributed by atoms with Gasteiger partial charge < -0.3 is 9.52 Å². The topological polar surface area (TPSA) is 79.1 Å². The Morgan fingerprint density at radius 3 is 2.70 bits per heavy atom. The Bertz CT molecular complexity index is 1350. The molecule has 5 nitrogen and oxygen atoms in total. The molecule has 3 aromatic carbocycles. The molecule has 0 atom stereocenters. The van der Waals surface area contributed by atoms with E-state index in [1.54, 1.807) is 0 Å². The average Bonchev–Trinajstić information content (AvgIpc) is 3.23. The van der Waals surface area contributed by atoms with Crippen LogP contribution < -0.4 is 4.87 Å². The van der Waals surface area contributed by atoms with Crippen molar-refractivity contribution >= 4 is 33.2 Å². The predicted octanol–water partition coefficient (Wildman–Crippen LogP) is 4.69. The van der Waals surface area contributed by atoms with Gasteiger partial charge in [-0.3, -0.25) is 9.78 Å². The van der Waals surface area contributed by atoms with Crippen molar-refractivity contribution in [3.05, 3.63) is 80.8 Å². The highest BCUT2D eigenvalue weighted by molar-refractivity contribution is 7.09. The van der Waals surface area contributed by atoms with Crippen molar-refractivity contribution in [1.29, 1.82) is 0 Å². The van der Waals surface area contributed by atoms with E-state index in [-0.39, 0.29) is 10.8 Å². The summed E-state index contributed by atoms with van der Waals surface area (Å²) in [5.41, 5.74) is 3.32. The third-order valence-electron chi connectivity index (χ3n) is 4.51. The number of fused-ring (bicyclic) bond motifs is 2. The van der Waals surface area contributed by atoms with Gasteiger partial charge >= 0.3 is 4.87 Å². The first-order valence-electron chi connectivity index (χ1n) is 8.45. The van der Waals surface area contributed by atoms with Crippen LogP contribution in [0.3, 0.4) is 0 Å². The second-order valence-corrected chi connectivity index (χ2v) is 7.41. The fourth-order valence-corrected chi connectivity index (χ4v) is 3.94. The van der Waals surface area contributed by atoms with Crippen molar-refractivity contribution in [1.82, 2.24) is 9.97 Å². The molecule has 0 fully saturated rings. The number of oxazole rings is 1. The summed E-state index contributed by atoms with van der Waals surface area (Å²) in [7, 11) is 0. The van der Waals surface area contributed by atoms with Crippen LogP contribution in [0.25, 0.3) is 33.3 Å². The van der Waals surface area contributed by atoms with E-state index in [1.165, 1.54) is 5.39 Å². The summed E-state index contributed by atoms with van der Waals surface area (Å²) in [6, 6.07) is 20.0. The van der Waals surface area contributed by atoms with Crippen LogP contribution in [0.1, 0.15) is 10.4 Å². The fraction of sp³-hybridized carbons (Fsp3) is 0.0476. The second kappa shape index (κ2) is 6.10. The van der Waals surface area contributed by atoms with Crippen LogP contribution >= 0.6 is 11.3 Å². The lowest BCUT2D eigenvalue weighted by atomic mass is 10.1. The van der Waals surface area contributed by atoms with Crippen molar-refractivity contribution in [3.63, 3.8) is 0 Å². The number of nitrogens with zero attached hydrogens (tertiary/aromatic N) is 1. The van der Waals surface area contributed by atoms with Crippen LogP contribution in [0.15, 0.2) is 69.9 Å². The van der Waals surface area contributed by atoms with Crippen molar-refractivity contribution in [2.45, 2.75) is 6.42 Å². The van der Waals surface area contributed by atoms with Gasteiger partial charge in [-0.1, -0.05) is 47.7 Å². The minimum absolute atomic E-state index is 0.0675. The molecule has 2 aromatic heterocycles. The fourth-order valence-electron chi connectivity index (χ4n) is 3.19. The van der Waals surface area contributed by atoms with Crippen molar-refractivity contribution in [2.24, 2.45) is 0 Å². The van der Waals surface area contributed by atoms with Gasteiger partial charge in [-0.05, 0) is 40.6 Å². The molecule has 0 bridgehead atoms. The monoisotopic (exact) mass is 374 g/mol. The summed E-state index contributed by atoms with van der Waals surface area (Å²) in [6.07, 6.45) is 0.462. The number of hydrogen-bond acceptors (Lipinski definition) is 5. The Hall–Kier alpha value is -3.38. The number of H-pyrrole nitrogens is 1. The minimum atomic E-state index is -0.261. The Morgan fingerprint density at radius 2 is 1.89 bits per heavy atom. The molecule has 0 spiro atoms. The average molecular weight is 374 g/mol. The first kappa shape index (κ1) is 15.8. The minimum Gasteiger partial charge on any atom is -0.494 e. The largest absolute Gasteiger partial charge is 0.494 e. The molecule has 2 heterocycles. The molecule has 0 unspecified atom stereocenters. The molecule has 2 N–H and O–H groups in total. The lowest BCUT2D eigenvalue weighted by Crippen LogP contribution is -1.89. The van der Waals surface area contributed by atoms with Crippen LogP contribution in [0.5, 0.6) is 5.88 Å². The molecular formula is C21H14N2O3S. The van der Waals surface area contributed by atoms with Crippen LogP contribution in [-0.4, -0.2) is 15.1 Å². The number of aromatic hydroxyl groups is 1. The Labute approximate surface area is 157 Å². The molecule has 6 heteroatoms. The Kier molecular flexibility index (Phi) is 3.58. The molecule has 0 saturated carbocycles. The van der Waals surface area contributed by atoms with Gasteiger partial charge in [0.15, 0.2) is 5.58 Å². The summed E-state index contributed by atoms with van der Waals surface area (Å²) in [4.78, 5) is 18.7. The normalized spacial score (nSPS) is 11.4. The first-order valence-corrected chi connectivity index (χ1v) is 9.27. The summed E-state index contributed by atoms with van der Waals surface area (Å²) in [5, 5.41) is 12.1. The van der Waals surface area contributed by atoms with E-state index in [0.717, 1.165) is 33.4 Å². The number of rotatable bonds is 3. The van der Waals surface area contributed by atoms with E-state index in [0.29, 0.717) is 22.8 Å². The summed E-state index contributed by atoms with van der Waals surface area (Å²) in [5.74, 6) is 0.504. The first-order chi connectivity index (χ1) is 13.2. The molecule has 132 valence electrons. The number of thiazole rings is 1. The van der Waals surface area contributed by atoms with E-state index >= 15 is 0 Å². The van der Waals surface area contributed by atoms with Gasteiger partial charge in [0.25, 0.3) is 0 Å². The number of hydrogen-bond donors (Lipinski definition) is 2. The smallest absolute Gasteiger partial charge is 0.307 e. The highest BCUT2D eigenvalue weighted by Gasteiger charge is 2.12. The second-order valence-electron chi connectivity index (χ2n) is 6.35. The van der Waals surface area contributed by atoms with Crippen LogP contribution in [0, 0.1) is 0 Å². The van der Waals surface area contributed by atoms with E-state index in [1.807, 2.05) is 36.4 Å². The van der Waals surface area contributed by atoms with E-state index in [2.05, 4.69) is 34.2 Å². The Morgan fingerprint density at radius 1 is 1.04 bits per heavy atom. The molecular weight excluding hydrogens is 360 g/mol. The zero-order valence-electron chi connectivity index (χ0n) is 14.1. The SMILES string of the molecule is O=c1[nH]c(O)c(Cc2ccc3oc(-c4ccc5ccccc5c4)nc3c2)s1. The molecule has 0 aliphatic carbocycles. The van der Waals surface area contributed by atoms with Gasteiger partial charge in [-0.15, -0.1) is 0 Å². The molecule has 0 radical (unpaired) electrons. The highest BCUT2D eigenvalue weighted by atomic mass is 32.1. The molecule has 0 amide bonds. The van der Waals surface area contributed by atoms with Crippen LogP contribution in [0.4, 0.5) is 0 Å². The van der Waals surface area contributed by atoms with Crippen molar-refractivity contribution in [2.75, 3.05) is 0 Å². The van der Waals surface area contributed by atoms with E-state index in [9.17, 15) is 9.90 Å². The van der Waals surface area contributed by atoms with Crippen LogP contribution in [-0.2, 0) is 6.42 Å². The third kappa shape index (κ3) is 2.90. The molecule has 5 rings (SSSR count). The zero-order chi connectivity index (χ0) is 18.4.